The van der Waals surface area contributed by atoms with Gasteiger partial charge in [-0.05, 0) is 43.2 Å². The molecule has 5 nitrogen and oxygen atoms in total. The molecule has 1 fully saturated rings. The molecular formula is C16H27N3O2. The summed E-state index contributed by atoms with van der Waals surface area (Å²) in [6, 6.07) is 3.72. The Kier molecular flexibility index (Phi) is 6.11. The van der Waals surface area contributed by atoms with E-state index in [2.05, 4.69) is 24.1 Å². The maximum absolute atomic E-state index is 5.88. The van der Waals surface area contributed by atoms with Crippen molar-refractivity contribution in [1.82, 2.24) is 4.98 Å². The van der Waals surface area contributed by atoms with Gasteiger partial charge in [0, 0.05) is 19.8 Å². The lowest BCUT2D eigenvalue weighted by Gasteiger charge is -2.11. The fraction of sp³-hybridized carbons (Fsp3) is 0.688. The number of aromatic nitrogens is 1. The van der Waals surface area contributed by atoms with E-state index in [1.54, 1.807) is 0 Å². The first-order chi connectivity index (χ1) is 10.1. The van der Waals surface area contributed by atoms with Crippen LogP contribution in [0.2, 0.25) is 0 Å². The second-order valence-corrected chi connectivity index (χ2v) is 6.09. The summed E-state index contributed by atoms with van der Waals surface area (Å²) in [5.74, 6) is 2.63. The summed E-state index contributed by atoms with van der Waals surface area (Å²) in [5, 5.41) is 3.28. The standard InChI is InChI=1S/C16H27N3O2/c1-12(2)10-20-9-3-8-18-15-7-6-14(17)16(19-15)21-11-13-4-5-13/h6-7,12-13H,3-5,8-11,17H2,1-2H3,(H,18,19). The van der Waals surface area contributed by atoms with Crippen molar-refractivity contribution in [3.63, 3.8) is 0 Å². The Morgan fingerprint density at radius 2 is 2.19 bits per heavy atom. The van der Waals surface area contributed by atoms with E-state index < -0.39 is 0 Å². The lowest BCUT2D eigenvalue weighted by Crippen LogP contribution is -2.10. The molecule has 0 saturated heterocycles. The highest BCUT2D eigenvalue weighted by Gasteiger charge is 2.22. The first-order valence-corrected chi connectivity index (χ1v) is 7.86. The molecule has 0 spiro atoms. The fourth-order valence-corrected chi connectivity index (χ4v) is 1.86. The molecular weight excluding hydrogens is 266 g/mol. The zero-order valence-electron chi connectivity index (χ0n) is 13.1. The molecule has 0 amide bonds. The number of nitrogen functional groups attached to an aromatic ring is 1. The Morgan fingerprint density at radius 3 is 2.90 bits per heavy atom. The SMILES string of the molecule is CC(C)COCCCNc1ccc(N)c(OCC2CC2)n1. The lowest BCUT2D eigenvalue weighted by atomic mass is 10.2. The molecule has 1 aromatic heterocycles. The number of rotatable bonds is 10. The van der Waals surface area contributed by atoms with Crippen molar-refractivity contribution in [2.24, 2.45) is 11.8 Å². The molecule has 1 aromatic rings. The number of nitrogens with zero attached hydrogens (tertiary/aromatic N) is 1. The highest BCUT2D eigenvalue weighted by molar-refractivity contribution is 5.53. The monoisotopic (exact) mass is 293 g/mol. The molecule has 0 radical (unpaired) electrons. The van der Waals surface area contributed by atoms with Crippen LogP contribution >= 0.6 is 0 Å². The van der Waals surface area contributed by atoms with Crippen LogP contribution in [-0.4, -0.2) is 31.3 Å². The zero-order chi connectivity index (χ0) is 15.1. The van der Waals surface area contributed by atoms with E-state index in [0.717, 1.165) is 38.6 Å². The Morgan fingerprint density at radius 1 is 1.38 bits per heavy atom. The molecule has 1 heterocycles. The first-order valence-electron chi connectivity index (χ1n) is 7.86. The van der Waals surface area contributed by atoms with Gasteiger partial charge in [0.1, 0.15) is 5.82 Å². The van der Waals surface area contributed by atoms with Crippen LogP contribution in [0, 0.1) is 11.8 Å². The summed E-state index contributed by atoms with van der Waals surface area (Å²) >= 11 is 0. The first kappa shape index (κ1) is 15.9. The van der Waals surface area contributed by atoms with Crippen molar-refractivity contribution in [2.75, 3.05) is 37.4 Å². The van der Waals surface area contributed by atoms with Crippen LogP contribution in [0.4, 0.5) is 11.5 Å². The van der Waals surface area contributed by atoms with E-state index in [4.69, 9.17) is 15.2 Å². The number of hydrogen-bond acceptors (Lipinski definition) is 5. The normalized spacial score (nSPS) is 14.4. The second kappa shape index (κ2) is 8.08. The molecule has 1 aliphatic rings. The third-order valence-electron chi connectivity index (χ3n) is 3.27. The van der Waals surface area contributed by atoms with Crippen molar-refractivity contribution >= 4 is 11.5 Å². The molecule has 1 saturated carbocycles. The van der Waals surface area contributed by atoms with Gasteiger partial charge in [-0.2, -0.15) is 4.98 Å². The van der Waals surface area contributed by atoms with Crippen molar-refractivity contribution in [3.8, 4) is 5.88 Å². The van der Waals surface area contributed by atoms with Gasteiger partial charge < -0.3 is 20.5 Å². The van der Waals surface area contributed by atoms with Crippen molar-refractivity contribution in [3.05, 3.63) is 12.1 Å². The fourth-order valence-electron chi connectivity index (χ4n) is 1.86. The quantitative estimate of drug-likeness (QED) is 0.649. The number of nitrogens with two attached hydrogens (primary N) is 1. The Bertz CT molecular complexity index is 434. The molecule has 0 aliphatic heterocycles. The molecule has 21 heavy (non-hydrogen) atoms. The van der Waals surface area contributed by atoms with Gasteiger partial charge in [-0.15, -0.1) is 0 Å². The van der Waals surface area contributed by atoms with Gasteiger partial charge in [0.05, 0.1) is 12.3 Å². The third-order valence-corrected chi connectivity index (χ3v) is 3.27. The van der Waals surface area contributed by atoms with Crippen molar-refractivity contribution in [2.45, 2.75) is 33.1 Å². The third kappa shape index (κ3) is 6.21. The van der Waals surface area contributed by atoms with Crippen LogP contribution in [0.25, 0.3) is 0 Å². The van der Waals surface area contributed by atoms with Crippen LogP contribution < -0.4 is 15.8 Å². The van der Waals surface area contributed by atoms with Crippen LogP contribution in [0.1, 0.15) is 33.1 Å². The van der Waals surface area contributed by atoms with Gasteiger partial charge >= 0.3 is 0 Å². The predicted octanol–water partition coefficient (Wildman–Crippen LogP) is 2.93. The van der Waals surface area contributed by atoms with E-state index in [0.29, 0.717) is 23.4 Å². The summed E-state index contributed by atoms with van der Waals surface area (Å²) < 4.78 is 11.2. The molecule has 1 aliphatic carbocycles. The number of anilines is 2. The predicted molar refractivity (Wildman–Crippen MR) is 85.6 cm³/mol. The summed E-state index contributed by atoms with van der Waals surface area (Å²) in [6.07, 6.45) is 3.47. The highest BCUT2D eigenvalue weighted by atomic mass is 16.5. The Labute approximate surface area is 127 Å². The smallest absolute Gasteiger partial charge is 0.239 e. The number of hydrogen-bond donors (Lipinski definition) is 2. The van der Waals surface area contributed by atoms with Crippen LogP contribution in [0.15, 0.2) is 12.1 Å². The summed E-state index contributed by atoms with van der Waals surface area (Å²) in [5.41, 5.74) is 6.48. The molecule has 5 heteroatoms. The molecule has 118 valence electrons. The Hall–Kier alpha value is -1.49. The minimum Gasteiger partial charge on any atom is -0.476 e. The van der Waals surface area contributed by atoms with Crippen molar-refractivity contribution < 1.29 is 9.47 Å². The number of pyridine rings is 1. The van der Waals surface area contributed by atoms with Crippen LogP contribution in [-0.2, 0) is 4.74 Å². The molecule has 0 bridgehead atoms. The number of ether oxygens (including phenoxy) is 2. The topological polar surface area (TPSA) is 69.4 Å². The summed E-state index contributed by atoms with van der Waals surface area (Å²) in [7, 11) is 0. The summed E-state index contributed by atoms with van der Waals surface area (Å²) in [6.45, 7) is 7.45. The second-order valence-electron chi connectivity index (χ2n) is 6.09. The lowest BCUT2D eigenvalue weighted by molar-refractivity contribution is 0.110. The largest absolute Gasteiger partial charge is 0.476 e. The highest BCUT2D eigenvalue weighted by Crippen LogP contribution is 2.30. The maximum atomic E-state index is 5.88. The summed E-state index contributed by atoms with van der Waals surface area (Å²) in [4.78, 5) is 4.42. The molecule has 3 N–H and O–H groups in total. The van der Waals surface area contributed by atoms with Gasteiger partial charge in [-0.25, -0.2) is 0 Å². The van der Waals surface area contributed by atoms with Crippen LogP contribution in [0.3, 0.4) is 0 Å². The molecule has 0 atom stereocenters. The van der Waals surface area contributed by atoms with E-state index in [1.165, 1.54) is 12.8 Å². The maximum Gasteiger partial charge on any atom is 0.239 e. The van der Waals surface area contributed by atoms with Gasteiger partial charge in [0.15, 0.2) is 0 Å². The minimum atomic E-state index is 0.544. The van der Waals surface area contributed by atoms with Crippen molar-refractivity contribution in [1.29, 1.82) is 0 Å². The molecule has 2 rings (SSSR count). The minimum absolute atomic E-state index is 0.544. The van der Waals surface area contributed by atoms with E-state index in [-0.39, 0.29) is 0 Å². The number of nitrogens with one attached hydrogen (secondary N) is 1. The van der Waals surface area contributed by atoms with Gasteiger partial charge in [0.25, 0.3) is 0 Å². The van der Waals surface area contributed by atoms with Crippen LogP contribution in [0.5, 0.6) is 5.88 Å². The van der Waals surface area contributed by atoms with Gasteiger partial charge in [-0.3, -0.25) is 0 Å². The molecule has 0 unspecified atom stereocenters. The van der Waals surface area contributed by atoms with E-state index in [9.17, 15) is 0 Å². The zero-order valence-corrected chi connectivity index (χ0v) is 13.1. The average molecular weight is 293 g/mol. The van der Waals surface area contributed by atoms with E-state index in [1.807, 2.05) is 12.1 Å². The Balaban J connectivity index is 1.68. The van der Waals surface area contributed by atoms with Gasteiger partial charge in [0.2, 0.25) is 5.88 Å². The van der Waals surface area contributed by atoms with Gasteiger partial charge in [-0.1, -0.05) is 13.8 Å². The molecule has 0 aromatic carbocycles. The van der Waals surface area contributed by atoms with E-state index >= 15 is 0 Å². The average Bonchev–Trinajstić information content (AvgIpc) is 3.26.